The van der Waals surface area contributed by atoms with E-state index in [4.69, 9.17) is 11.6 Å². The van der Waals surface area contributed by atoms with E-state index in [-0.39, 0.29) is 11.8 Å². The third-order valence-corrected chi connectivity index (χ3v) is 4.33. The van der Waals surface area contributed by atoms with Crippen LogP contribution < -0.4 is 10.1 Å². The number of ether oxygens (including phenoxy) is 1. The Balaban J connectivity index is 2.09. The summed E-state index contributed by atoms with van der Waals surface area (Å²) in [6, 6.07) is 12.1. The molecule has 0 spiro atoms. The average Bonchev–Trinajstić information content (AvgIpc) is 2.44. The highest BCUT2D eigenvalue weighted by Crippen LogP contribution is 2.32. The number of hydrogen-bond donors (Lipinski definition) is 1. The van der Waals surface area contributed by atoms with Gasteiger partial charge in [-0.15, -0.1) is 0 Å². The second kappa shape index (κ2) is 7.09. The zero-order chi connectivity index (χ0) is 15.4. The molecule has 6 heteroatoms. The molecule has 0 saturated heterocycles. The summed E-state index contributed by atoms with van der Waals surface area (Å²) in [4.78, 5) is 0. The third kappa shape index (κ3) is 4.32. The summed E-state index contributed by atoms with van der Waals surface area (Å²) in [5, 5.41) is 3.93. The lowest BCUT2D eigenvalue weighted by Gasteiger charge is -2.17. The molecule has 1 N–H and O–H groups in total. The maximum atomic E-state index is 12.1. The Morgan fingerprint density at radius 3 is 2.43 bits per heavy atom. The molecule has 0 radical (unpaired) electrons. The van der Waals surface area contributed by atoms with Crippen LogP contribution in [0.2, 0.25) is 5.02 Å². The minimum Gasteiger partial charge on any atom is -0.435 e. The molecule has 0 aliphatic carbocycles. The number of nitrogens with one attached hydrogen (secondary N) is 1. The number of halogens is 4. The van der Waals surface area contributed by atoms with Gasteiger partial charge in [-0.1, -0.05) is 29.8 Å². The first kappa shape index (κ1) is 16.0. The Morgan fingerprint density at radius 2 is 1.81 bits per heavy atom. The highest BCUT2D eigenvalue weighted by atomic mass is 79.9. The van der Waals surface area contributed by atoms with Gasteiger partial charge in [0, 0.05) is 6.04 Å². The van der Waals surface area contributed by atoms with Crippen LogP contribution in [0.15, 0.2) is 46.9 Å². The van der Waals surface area contributed by atoms with Gasteiger partial charge in [0.1, 0.15) is 5.75 Å². The van der Waals surface area contributed by atoms with E-state index >= 15 is 0 Å². The minimum atomic E-state index is -2.81. The van der Waals surface area contributed by atoms with Crippen molar-refractivity contribution in [2.45, 2.75) is 19.6 Å². The first-order valence-electron chi connectivity index (χ1n) is 6.22. The first-order chi connectivity index (χ1) is 9.97. The van der Waals surface area contributed by atoms with Gasteiger partial charge < -0.3 is 10.1 Å². The third-order valence-electron chi connectivity index (χ3n) is 2.93. The van der Waals surface area contributed by atoms with E-state index in [0.29, 0.717) is 5.02 Å². The van der Waals surface area contributed by atoms with Gasteiger partial charge in [0.05, 0.1) is 15.2 Å². The smallest absolute Gasteiger partial charge is 0.387 e. The normalized spacial score (nSPS) is 12.3. The second-order valence-corrected chi connectivity index (χ2v) is 5.62. The van der Waals surface area contributed by atoms with E-state index in [2.05, 4.69) is 26.0 Å². The van der Waals surface area contributed by atoms with E-state index < -0.39 is 6.61 Å². The Morgan fingerprint density at radius 1 is 1.14 bits per heavy atom. The Kier molecular flexibility index (Phi) is 5.42. The molecule has 1 atom stereocenters. The second-order valence-electron chi connectivity index (χ2n) is 4.41. The van der Waals surface area contributed by atoms with Crippen LogP contribution in [-0.2, 0) is 0 Å². The average molecular weight is 377 g/mol. The SMILES string of the molecule is CC(Nc1cccc(Cl)c1Br)c1ccc(OC(F)F)cc1. The molecule has 0 amide bonds. The fraction of sp³-hybridized carbons (Fsp3) is 0.200. The van der Waals surface area contributed by atoms with Gasteiger partial charge in [0.15, 0.2) is 0 Å². The van der Waals surface area contributed by atoms with Gasteiger partial charge in [-0.25, -0.2) is 0 Å². The molecular weight excluding hydrogens is 364 g/mol. The highest BCUT2D eigenvalue weighted by molar-refractivity contribution is 9.10. The van der Waals surface area contributed by atoms with E-state index in [0.717, 1.165) is 15.7 Å². The summed E-state index contributed by atoms with van der Waals surface area (Å²) in [5.74, 6) is 0.143. The quantitative estimate of drug-likeness (QED) is 0.704. The minimum absolute atomic E-state index is 0.0135. The van der Waals surface area contributed by atoms with Crippen LogP contribution >= 0.6 is 27.5 Å². The lowest BCUT2D eigenvalue weighted by molar-refractivity contribution is -0.0498. The lowest BCUT2D eigenvalue weighted by atomic mass is 10.1. The molecule has 0 saturated carbocycles. The molecule has 2 nitrogen and oxygen atoms in total. The van der Waals surface area contributed by atoms with Crippen LogP contribution in [0.1, 0.15) is 18.5 Å². The molecule has 0 aromatic heterocycles. The molecule has 0 aliphatic rings. The molecule has 21 heavy (non-hydrogen) atoms. The summed E-state index contributed by atoms with van der Waals surface area (Å²) >= 11 is 9.46. The molecular formula is C15H13BrClF2NO. The van der Waals surface area contributed by atoms with Crippen molar-refractivity contribution in [3.8, 4) is 5.75 Å². The fourth-order valence-corrected chi connectivity index (χ4v) is 2.42. The van der Waals surface area contributed by atoms with Gasteiger partial charge >= 0.3 is 6.61 Å². The van der Waals surface area contributed by atoms with Crippen molar-refractivity contribution >= 4 is 33.2 Å². The molecule has 0 fully saturated rings. The molecule has 2 aromatic carbocycles. The van der Waals surface area contributed by atoms with Gasteiger partial charge in [-0.2, -0.15) is 8.78 Å². The van der Waals surface area contributed by atoms with Crippen LogP contribution in [0.5, 0.6) is 5.75 Å². The van der Waals surface area contributed by atoms with E-state index in [1.165, 1.54) is 12.1 Å². The van der Waals surface area contributed by atoms with Crippen LogP contribution in [-0.4, -0.2) is 6.61 Å². The van der Waals surface area contributed by atoms with Crippen molar-refractivity contribution in [2.75, 3.05) is 5.32 Å². The summed E-state index contributed by atoms with van der Waals surface area (Å²) in [6.07, 6.45) is 0. The van der Waals surface area contributed by atoms with Crippen molar-refractivity contribution in [1.29, 1.82) is 0 Å². The summed E-state index contributed by atoms with van der Waals surface area (Å²) in [6.45, 7) is -0.843. The molecule has 2 rings (SSSR count). The van der Waals surface area contributed by atoms with Crippen molar-refractivity contribution in [1.82, 2.24) is 0 Å². The number of alkyl halides is 2. The number of anilines is 1. The van der Waals surface area contributed by atoms with E-state index in [1.807, 2.05) is 19.1 Å². The summed E-state index contributed by atoms with van der Waals surface area (Å²) < 4.78 is 29.3. The Labute approximate surface area is 135 Å². The molecule has 0 aliphatic heterocycles. The van der Waals surface area contributed by atoms with Crippen LogP contribution in [0.3, 0.4) is 0 Å². The van der Waals surface area contributed by atoms with Crippen molar-refractivity contribution < 1.29 is 13.5 Å². The zero-order valence-corrected chi connectivity index (χ0v) is 13.5. The lowest BCUT2D eigenvalue weighted by Crippen LogP contribution is -2.07. The van der Waals surface area contributed by atoms with Gasteiger partial charge in [-0.3, -0.25) is 0 Å². The van der Waals surface area contributed by atoms with Crippen LogP contribution in [0, 0.1) is 0 Å². The van der Waals surface area contributed by atoms with Crippen molar-refractivity contribution in [3.63, 3.8) is 0 Å². The Bertz CT molecular complexity index is 607. The monoisotopic (exact) mass is 375 g/mol. The van der Waals surface area contributed by atoms with Crippen molar-refractivity contribution in [2.24, 2.45) is 0 Å². The molecule has 1 unspecified atom stereocenters. The number of benzene rings is 2. The van der Waals surface area contributed by atoms with E-state index in [1.54, 1.807) is 18.2 Å². The van der Waals surface area contributed by atoms with Crippen molar-refractivity contribution in [3.05, 3.63) is 57.5 Å². The number of hydrogen-bond acceptors (Lipinski definition) is 2. The van der Waals surface area contributed by atoms with Gasteiger partial charge in [0.2, 0.25) is 0 Å². The van der Waals surface area contributed by atoms with E-state index in [9.17, 15) is 8.78 Å². The van der Waals surface area contributed by atoms with Gasteiger partial charge in [-0.05, 0) is 52.7 Å². The highest BCUT2D eigenvalue weighted by Gasteiger charge is 2.10. The molecule has 112 valence electrons. The van der Waals surface area contributed by atoms with Crippen LogP contribution in [0.25, 0.3) is 0 Å². The summed E-state index contributed by atoms with van der Waals surface area (Å²) in [7, 11) is 0. The molecule has 0 heterocycles. The van der Waals surface area contributed by atoms with Gasteiger partial charge in [0.25, 0.3) is 0 Å². The first-order valence-corrected chi connectivity index (χ1v) is 7.40. The topological polar surface area (TPSA) is 21.3 Å². The predicted octanol–water partition coefficient (Wildman–Crippen LogP) is 5.88. The predicted molar refractivity (Wildman–Crippen MR) is 84.3 cm³/mol. The maximum Gasteiger partial charge on any atom is 0.387 e. The summed E-state index contributed by atoms with van der Waals surface area (Å²) in [5.41, 5.74) is 1.81. The zero-order valence-electron chi connectivity index (χ0n) is 11.1. The Hall–Kier alpha value is -1.33. The largest absolute Gasteiger partial charge is 0.435 e. The number of rotatable bonds is 5. The maximum absolute atomic E-state index is 12.1. The molecule has 0 bridgehead atoms. The molecule has 2 aromatic rings. The van der Waals surface area contributed by atoms with Crippen LogP contribution in [0.4, 0.5) is 14.5 Å². The standard InChI is InChI=1S/C15H13BrClF2NO/c1-9(20-13-4-2-3-12(17)14(13)16)10-5-7-11(8-6-10)21-15(18)19/h2-9,15,20H,1H3. The fourth-order valence-electron chi connectivity index (χ4n) is 1.87.